The second-order valence-electron chi connectivity index (χ2n) is 9.73. The van der Waals surface area contributed by atoms with E-state index in [4.69, 9.17) is 9.47 Å². The van der Waals surface area contributed by atoms with Crippen LogP contribution in [0.3, 0.4) is 0 Å². The highest BCUT2D eigenvalue weighted by atomic mass is 16.6. The van der Waals surface area contributed by atoms with Crippen LogP contribution >= 0.6 is 0 Å². The SMILES string of the molecule is COC(=O)[C@H](C)NC(=O)[C@@H]1COC(O)([C@H](C)NC(=O)[C@H](CC(=O)N(C)C)NC(=O)OC(C)(C)C)C1. The predicted octanol–water partition coefficient (Wildman–Crippen LogP) is -0.734. The number of ether oxygens (including phenoxy) is 3. The van der Waals surface area contributed by atoms with Gasteiger partial charge in [-0.2, -0.15) is 0 Å². The van der Waals surface area contributed by atoms with E-state index in [-0.39, 0.29) is 19.4 Å². The van der Waals surface area contributed by atoms with Gasteiger partial charge < -0.3 is 40.2 Å². The Morgan fingerprint density at radius 3 is 2.23 bits per heavy atom. The molecule has 1 aliphatic rings. The number of alkyl carbamates (subject to hydrolysis) is 1. The smallest absolute Gasteiger partial charge is 0.408 e. The van der Waals surface area contributed by atoms with Crippen LogP contribution in [0, 0.1) is 5.92 Å². The van der Waals surface area contributed by atoms with E-state index in [1.807, 2.05) is 0 Å². The van der Waals surface area contributed by atoms with Gasteiger partial charge in [0, 0.05) is 20.5 Å². The van der Waals surface area contributed by atoms with Gasteiger partial charge in [0.1, 0.15) is 17.7 Å². The van der Waals surface area contributed by atoms with Crippen LogP contribution in [-0.4, -0.2) is 97.1 Å². The van der Waals surface area contributed by atoms with E-state index < -0.39 is 65.2 Å². The Morgan fingerprint density at radius 1 is 1.11 bits per heavy atom. The van der Waals surface area contributed by atoms with Crippen LogP contribution in [-0.2, 0) is 33.4 Å². The molecule has 1 aliphatic heterocycles. The number of carbonyl (C=O) groups excluding carboxylic acids is 5. The third-order valence-corrected chi connectivity index (χ3v) is 5.28. The highest BCUT2D eigenvalue weighted by Crippen LogP contribution is 2.31. The fraction of sp³-hybridized carbons (Fsp3) is 0.773. The average Bonchev–Trinajstić information content (AvgIpc) is 3.14. The van der Waals surface area contributed by atoms with Gasteiger partial charge in [-0.05, 0) is 34.6 Å². The molecule has 13 nitrogen and oxygen atoms in total. The second kappa shape index (κ2) is 12.2. The first-order valence-corrected chi connectivity index (χ1v) is 11.2. The van der Waals surface area contributed by atoms with E-state index in [9.17, 15) is 29.1 Å². The minimum Gasteiger partial charge on any atom is -0.467 e. The molecular formula is C22H38N4O9. The van der Waals surface area contributed by atoms with Gasteiger partial charge in [0.05, 0.1) is 32.1 Å². The third-order valence-electron chi connectivity index (χ3n) is 5.28. The highest BCUT2D eigenvalue weighted by Gasteiger charge is 2.47. The lowest BCUT2D eigenvalue weighted by molar-refractivity contribution is -0.189. The third kappa shape index (κ3) is 9.32. The molecule has 5 atom stereocenters. The summed E-state index contributed by atoms with van der Waals surface area (Å²) < 4.78 is 15.2. The van der Waals surface area contributed by atoms with Crippen molar-refractivity contribution >= 4 is 29.8 Å². The summed E-state index contributed by atoms with van der Waals surface area (Å²) in [6.45, 7) is 7.74. The first-order chi connectivity index (χ1) is 16.0. The van der Waals surface area contributed by atoms with Crippen molar-refractivity contribution in [2.75, 3.05) is 27.8 Å². The van der Waals surface area contributed by atoms with Crippen LogP contribution < -0.4 is 16.0 Å². The molecule has 1 heterocycles. The minimum atomic E-state index is -1.89. The number of carbonyl (C=O) groups is 5. The van der Waals surface area contributed by atoms with Crippen molar-refractivity contribution in [3.8, 4) is 0 Å². The molecule has 200 valence electrons. The second-order valence-corrected chi connectivity index (χ2v) is 9.73. The molecule has 1 saturated heterocycles. The van der Waals surface area contributed by atoms with Crippen molar-refractivity contribution in [3.05, 3.63) is 0 Å². The lowest BCUT2D eigenvalue weighted by Gasteiger charge is -2.31. The number of rotatable bonds is 9. The largest absolute Gasteiger partial charge is 0.467 e. The van der Waals surface area contributed by atoms with Crippen LogP contribution in [0.1, 0.15) is 47.5 Å². The molecule has 0 aromatic carbocycles. The Kier molecular flexibility index (Phi) is 10.5. The number of hydrogen-bond acceptors (Lipinski definition) is 9. The molecule has 1 rings (SSSR count). The fourth-order valence-corrected chi connectivity index (χ4v) is 3.20. The van der Waals surface area contributed by atoms with Gasteiger partial charge in [-0.3, -0.25) is 14.4 Å². The molecule has 1 unspecified atom stereocenters. The number of aliphatic hydroxyl groups is 1. The zero-order valence-electron chi connectivity index (χ0n) is 21.6. The predicted molar refractivity (Wildman–Crippen MR) is 123 cm³/mol. The Morgan fingerprint density at radius 2 is 1.71 bits per heavy atom. The number of nitrogens with one attached hydrogen (secondary N) is 3. The van der Waals surface area contributed by atoms with Crippen molar-refractivity contribution in [1.82, 2.24) is 20.9 Å². The summed E-state index contributed by atoms with van der Waals surface area (Å²) in [4.78, 5) is 62.6. The van der Waals surface area contributed by atoms with Gasteiger partial charge in [0.2, 0.25) is 17.7 Å². The maximum atomic E-state index is 12.9. The molecule has 0 spiro atoms. The number of amides is 4. The summed E-state index contributed by atoms with van der Waals surface area (Å²) >= 11 is 0. The molecule has 35 heavy (non-hydrogen) atoms. The van der Waals surface area contributed by atoms with Gasteiger partial charge >= 0.3 is 12.1 Å². The van der Waals surface area contributed by atoms with E-state index in [1.54, 1.807) is 20.8 Å². The molecule has 0 bridgehead atoms. The summed E-state index contributed by atoms with van der Waals surface area (Å²) in [5, 5.41) is 18.3. The monoisotopic (exact) mass is 502 g/mol. The van der Waals surface area contributed by atoms with Gasteiger partial charge in [-0.15, -0.1) is 0 Å². The maximum absolute atomic E-state index is 12.9. The topological polar surface area (TPSA) is 173 Å². The number of hydrogen-bond donors (Lipinski definition) is 4. The van der Waals surface area contributed by atoms with Crippen LogP contribution in [0.5, 0.6) is 0 Å². The molecular weight excluding hydrogens is 464 g/mol. The Hall–Kier alpha value is -2.93. The standard InChI is InChI=1S/C22H38N4O9/c1-12(19(30)33-8)23-17(28)14-10-22(32,34-11-14)13(2)24-18(29)15(9-16(27)26(6)7)25-20(31)35-21(3,4)5/h12-15,32H,9-11H2,1-8H3,(H,23,28)(H,24,29)(H,25,31)/t12-,13-,14-,15-,22?/m0/s1. The van der Waals surface area contributed by atoms with Crippen molar-refractivity contribution < 1.29 is 43.3 Å². The molecule has 0 aliphatic carbocycles. The quantitative estimate of drug-likeness (QED) is 0.296. The van der Waals surface area contributed by atoms with Crippen LogP contribution in [0.2, 0.25) is 0 Å². The normalized spacial score (nSPS) is 22.3. The summed E-state index contributed by atoms with van der Waals surface area (Å²) in [5.74, 6) is -4.97. The lowest BCUT2D eigenvalue weighted by atomic mass is 9.97. The average molecular weight is 503 g/mol. The fourth-order valence-electron chi connectivity index (χ4n) is 3.20. The van der Waals surface area contributed by atoms with Crippen molar-refractivity contribution in [2.24, 2.45) is 5.92 Å². The van der Waals surface area contributed by atoms with Crippen LogP contribution in [0.4, 0.5) is 4.79 Å². The Balaban J connectivity index is 2.85. The molecule has 13 heteroatoms. The number of methoxy groups -OCH3 is 1. The van der Waals surface area contributed by atoms with Crippen LogP contribution in [0.15, 0.2) is 0 Å². The van der Waals surface area contributed by atoms with Gasteiger partial charge in [0.25, 0.3) is 0 Å². The summed E-state index contributed by atoms with van der Waals surface area (Å²) in [6.07, 6.45) is -1.39. The zero-order valence-corrected chi connectivity index (χ0v) is 21.6. The first kappa shape index (κ1) is 30.1. The summed E-state index contributed by atoms with van der Waals surface area (Å²) in [5.41, 5.74) is -0.822. The summed E-state index contributed by atoms with van der Waals surface area (Å²) in [6, 6.07) is -3.18. The number of nitrogens with zero attached hydrogens (tertiary/aromatic N) is 1. The molecule has 1 fully saturated rings. The van der Waals surface area contributed by atoms with Crippen molar-refractivity contribution in [2.45, 2.75) is 77.0 Å². The maximum Gasteiger partial charge on any atom is 0.408 e. The van der Waals surface area contributed by atoms with Gasteiger partial charge in [-0.1, -0.05) is 0 Å². The van der Waals surface area contributed by atoms with Crippen LogP contribution in [0.25, 0.3) is 0 Å². The van der Waals surface area contributed by atoms with E-state index in [1.165, 1.54) is 40.0 Å². The lowest BCUT2D eigenvalue weighted by Crippen LogP contribution is -2.57. The first-order valence-electron chi connectivity index (χ1n) is 11.2. The molecule has 4 N–H and O–H groups in total. The number of esters is 1. The minimum absolute atomic E-state index is 0.144. The summed E-state index contributed by atoms with van der Waals surface area (Å²) in [7, 11) is 4.22. The van der Waals surface area contributed by atoms with E-state index in [2.05, 4.69) is 20.7 Å². The van der Waals surface area contributed by atoms with E-state index in [0.717, 1.165) is 0 Å². The Labute approximate surface area is 205 Å². The van der Waals surface area contributed by atoms with Gasteiger partial charge in [-0.25, -0.2) is 9.59 Å². The zero-order chi connectivity index (χ0) is 27.1. The highest BCUT2D eigenvalue weighted by molar-refractivity contribution is 5.91. The molecule has 0 radical (unpaired) electrons. The molecule has 0 aromatic heterocycles. The molecule has 0 saturated carbocycles. The van der Waals surface area contributed by atoms with Crippen molar-refractivity contribution in [1.29, 1.82) is 0 Å². The Bertz CT molecular complexity index is 811. The van der Waals surface area contributed by atoms with E-state index >= 15 is 0 Å². The molecule has 4 amide bonds. The van der Waals surface area contributed by atoms with Crippen molar-refractivity contribution in [3.63, 3.8) is 0 Å². The molecule has 0 aromatic rings. The van der Waals surface area contributed by atoms with E-state index in [0.29, 0.717) is 0 Å². The van der Waals surface area contributed by atoms with Gasteiger partial charge in [0.15, 0.2) is 5.79 Å².